The van der Waals surface area contributed by atoms with Gasteiger partial charge in [0.15, 0.2) is 6.10 Å². The molecule has 2 rings (SSSR count). The Morgan fingerprint density at radius 3 is 2.80 bits per heavy atom. The van der Waals surface area contributed by atoms with E-state index >= 15 is 0 Å². The van der Waals surface area contributed by atoms with Crippen LogP contribution in [0.25, 0.3) is 0 Å². The van der Waals surface area contributed by atoms with Gasteiger partial charge in [0.25, 0.3) is 0 Å². The van der Waals surface area contributed by atoms with E-state index in [1.54, 1.807) is 0 Å². The largest absolute Gasteiger partial charge is 0.479 e. The molecule has 1 saturated carbocycles. The highest BCUT2D eigenvalue weighted by Crippen LogP contribution is 2.26. The van der Waals surface area contributed by atoms with E-state index in [9.17, 15) is 9.59 Å². The molecule has 0 aromatic rings. The lowest BCUT2D eigenvalue weighted by Gasteiger charge is -2.32. The molecule has 2 aliphatic rings. The minimum absolute atomic E-state index is 0.105. The first-order valence-electron chi connectivity index (χ1n) is 7.08. The van der Waals surface area contributed by atoms with Gasteiger partial charge in [0.1, 0.15) is 0 Å². The second kappa shape index (κ2) is 6.41. The number of nitrogens with zero attached hydrogens (tertiary/aromatic N) is 2. The van der Waals surface area contributed by atoms with Crippen LogP contribution in [-0.4, -0.2) is 78.4 Å². The molecule has 0 aromatic carbocycles. The normalized spacial score (nSPS) is 24.6. The van der Waals surface area contributed by atoms with Crippen molar-refractivity contribution in [3.05, 3.63) is 0 Å². The number of morpholine rings is 1. The van der Waals surface area contributed by atoms with E-state index in [1.807, 2.05) is 0 Å². The van der Waals surface area contributed by atoms with Crippen molar-refractivity contribution in [3.63, 3.8) is 0 Å². The van der Waals surface area contributed by atoms with E-state index in [0.717, 1.165) is 0 Å². The second-order valence-electron chi connectivity index (χ2n) is 5.58. The molecule has 0 aromatic heterocycles. The third kappa shape index (κ3) is 3.83. The Balaban J connectivity index is 1.74. The van der Waals surface area contributed by atoms with Gasteiger partial charge >= 0.3 is 12.0 Å². The molecule has 1 aliphatic carbocycles. The van der Waals surface area contributed by atoms with Crippen molar-refractivity contribution in [3.8, 4) is 0 Å². The fourth-order valence-electron chi connectivity index (χ4n) is 2.32. The number of rotatable bonds is 5. The first-order valence-corrected chi connectivity index (χ1v) is 7.08. The number of hydrogen-bond acceptors (Lipinski definition) is 4. The van der Waals surface area contributed by atoms with Crippen LogP contribution in [0.3, 0.4) is 0 Å². The maximum absolute atomic E-state index is 12.0. The number of likely N-dealkylation sites (N-methyl/N-ethyl adjacent to an activating group) is 1. The smallest absolute Gasteiger partial charge is 0.334 e. The van der Waals surface area contributed by atoms with Crippen LogP contribution in [0.15, 0.2) is 0 Å². The summed E-state index contributed by atoms with van der Waals surface area (Å²) in [6.07, 6.45) is 1.55. The van der Waals surface area contributed by atoms with Crippen LogP contribution in [0, 0.1) is 0 Å². The van der Waals surface area contributed by atoms with E-state index < -0.39 is 12.1 Å². The molecule has 0 bridgehead atoms. The first-order chi connectivity index (χ1) is 9.49. The highest BCUT2D eigenvalue weighted by Gasteiger charge is 2.31. The monoisotopic (exact) mass is 285 g/mol. The van der Waals surface area contributed by atoms with E-state index in [2.05, 4.69) is 24.2 Å². The molecule has 2 atom stereocenters. The molecule has 1 heterocycles. The Bertz CT molecular complexity index is 373. The van der Waals surface area contributed by atoms with Gasteiger partial charge in [-0.15, -0.1) is 0 Å². The van der Waals surface area contributed by atoms with Gasteiger partial charge in [-0.1, -0.05) is 0 Å². The minimum Gasteiger partial charge on any atom is -0.479 e. The molecule has 2 amide bonds. The van der Waals surface area contributed by atoms with Crippen molar-refractivity contribution < 1.29 is 19.4 Å². The van der Waals surface area contributed by atoms with Gasteiger partial charge < -0.3 is 20.1 Å². The molecule has 114 valence electrons. The summed E-state index contributed by atoms with van der Waals surface area (Å²) in [6, 6.07) is 0.722. The number of hydrogen-bond donors (Lipinski definition) is 2. The predicted octanol–water partition coefficient (Wildman–Crippen LogP) is -0.0359. The summed E-state index contributed by atoms with van der Waals surface area (Å²) in [7, 11) is 2.07. The first kappa shape index (κ1) is 15.1. The van der Waals surface area contributed by atoms with Gasteiger partial charge in [-0.05, 0) is 26.8 Å². The summed E-state index contributed by atoms with van der Waals surface area (Å²) in [5.74, 6) is -1.02. The van der Waals surface area contributed by atoms with E-state index in [1.165, 1.54) is 17.7 Å². The van der Waals surface area contributed by atoms with Crippen molar-refractivity contribution in [2.24, 2.45) is 0 Å². The van der Waals surface area contributed by atoms with Crippen LogP contribution < -0.4 is 5.32 Å². The average Bonchev–Trinajstić information content (AvgIpc) is 3.28. The standard InChI is InChI=1S/C13H23N3O4/c1-9(15(2)10-3-4-10)7-14-13(19)16-5-6-20-11(8-16)12(17)18/h9-11H,3-8H2,1-2H3,(H,14,19)(H,17,18). The van der Waals surface area contributed by atoms with Gasteiger partial charge in [0.2, 0.25) is 0 Å². The fraction of sp³-hybridized carbons (Fsp3) is 0.846. The molecular weight excluding hydrogens is 262 g/mol. The van der Waals surface area contributed by atoms with Crippen LogP contribution in [0.4, 0.5) is 4.79 Å². The molecule has 1 saturated heterocycles. The quantitative estimate of drug-likeness (QED) is 0.741. The molecule has 0 spiro atoms. The Kier molecular flexibility index (Phi) is 4.82. The molecule has 7 nitrogen and oxygen atoms in total. The molecule has 2 N–H and O–H groups in total. The molecule has 2 fully saturated rings. The highest BCUT2D eigenvalue weighted by molar-refractivity contribution is 5.77. The predicted molar refractivity (Wildman–Crippen MR) is 72.6 cm³/mol. The van der Waals surface area contributed by atoms with Gasteiger partial charge in [0.05, 0.1) is 13.2 Å². The Hall–Kier alpha value is -1.34. The zero-order valence-corrected chi connectivity index (χ0v) is 12.0. The van der Waals surface area contributed by atoms with Crippen molar-refractivity contribution in [2.75, 3.05) is 33.3 Å². The number of urea groups is 1. The Morgan fingerprint density at radius 2 is 2.20 bits per heavy atom. The van der Waals surface area contributed by atoms with Gasteiger partial charge in [-0.2, -0.15) is 0 Å². The van der Waals surface area contributed by atoms with Gasteiger partial charge in [-0.25, -0.2) is 9.59 Å². The third-order valence-electron chi connectivity index (χ3n) is 4.00. The van der Waals surface area contributed by atoms with Crippen molar-refractivity contribution in [1.82, 2.24) is 15.1 Å². The van der Waals surface area contributed by atoms with Crippen LogP contribution in [0.1, 0.15) is 19.8 Å². The lowest BCUT2D eigenvalue weighted by molar-refractivity contribution is -0.154. The average molecular weight is 285 g/mol. The van der Waals surface area contributed by atoms with E-state index in [-0.39, 0.29) is 25.2 Å². The molecule has 0 radical (unpaired) electrons. The number of amides is 2. The molecular formula is C13H23N3O4. The number of ether oxygens (including phenoxy) is 1. The van der Waals surface area contributed by atoms with Crippen LogP contribution in [0.2, 0.25) is 0 Å². The zero-order chi connectivity index (χ0) is 14.7. The maximum atomic E-state index is 12.0. The second-order valence-corrected chi connectivity index (χ2v) is 5.58. The van der Waals surface area contributed by atoms with Crippen LogP contribution in [0.5, 0.6) is 0 Å². The summed E-state index contributed by atoms with van der Waals surface area (Å²) in [6.45, 7) is 3.46. The third-order valence-corrected chi connectivity index (χ3v) is 4.00. The Labute approximate surface area is 118 Å². The van der Waals surface area contributed by atoms with Gasteiger partial charge in [0, 0.05) is 25.2 Å². The number of aliphatic carboxylic acids is 1. The van der Waals surface area contributed by atoms with E-state index in [0.29, 0.717) is 19.1 Å². The number of carboxylic acid groups (broad SMARTS) is 1. The number of carbonyl (C=O) groups excluding carboxylic acids is 1. The topological polar surface area (TPSA) is 82.1 Å². The maximum Gasteiger partial charge on any atom is 0.334 e. The number of nitrogens with one attached hydrogen (secondary N) is 1. The zero-order valence-electron chi connectivity index (χ0n) is 12.0. The summed E-state index contributed by atoms with van der Waals surface area (Å²) < 4.78 is 5.09. The fourth-order valence-corrected chi connectivity index (χ4v) is 2.32. The highest BCUT2D eigenvalue weighted by atomic mass is 16.5. The summed E-state index contributed by atoms with van der Waals surface area (Å²) in [4.78, 5) is 26.7. The lowest BCUT2D eigenvalue weighted by atomic mass is 10.2. The van der Waals surface area contributed by atoms with Gasteiger partial charge in [-0.3, -0.25) is 4.90 Å². The van der Waals surface area contributed by atoms with Crippen molar-refractivity contribution in [1.29, 1.82) is 0 Å². The molecule has 7 heteroatoms. The van der Waals surface area contributed by atoms with Crippen LogP contribution >= 0.6 is 0 Å². The number of carboxylic acids is 1. The van der Waals surface area contributed by atoms with E-state index in [4.69, 9.17) is 9.84 Å². The van der Waals surface area contributed by atoms with Crippen molar-refractivity contribution >= 4 is 12.0 Å². The lowest BCUT2D eigenvalue weighted by Crippen LogP contribution is -2.53. The summed E-state index contributed by atoms with van der Waals surface area (Å²) in [5.41, 5.74) is 0. The molecule has 2 unspecified atom stereocenters. The number of carbonyl (C=O) groups is 2. The molecule has 20 heavy (non-hydrogen) atoms. The van der Waals surface area contributed by atoms with Crippen molar-refractivity contribution in [2.45, 2.75) is 38.0 Å². The van der Waals surface area contributed by atoms with Crippen LogP contribution in [-0.2, 0) is 9.53 Å². The SMILES string of the molecule is CC(CNC(=O)N1CCOC(C(=O)O)C1)N(C)C1CC1. The summed E-state index contributed by atoms with van der Waals surface area (Å²) in [5, 5.41) is 11.8. The Morgan fingerprint density at radius 1 is 1.50 bits per heavy atom. The summed E-state index contributed by atoms with van der Waals surface area (Å²) >= 11 is 0. The molecule has 1 aliphatic heterocycles. The minimum atomic E-state index is -1.02.